The van der Waals surface area contributed by atoms with Crippen LogP contribution in [0, 0.1) is 16.2 Å². The molecule has 0 aliphatic heterocycles. The van der Waals surface area contributed by atoms with Crippen LogP contribution in [0.1, 0.15) is 33.6 Å². The smallest absolute Gasteiger partial charge is 0.293 e. The van der Waals surface area contributed by atoms with Gasteiger partial charge < -0.3 is 0 Å². The van der Waals surface area contributed by atoms with Crippen LogP contribution in [0.3, 0.4) is 0 Å². The fraction of sp³-hybridized carbons (Fsp3) is 0.0588. The first-order valence-electron chi connectivity index (χ1n) is 13.8. The van der Waals surface area contributed by atoms with E-state index in [1.54, 1.807) is 54.6 Å². The number of pyridine rings is 2. The van der Waals surface area contributed by atoms with E-state index in [-0.39, 0.29) is 54.1 Å². The second-order valence-electron chi connectivity index (χ2n) is 10.1. The third kappa shape index (κ3) is 8.25. The molecule has 0 atom stereocenters. The average molecular weight is 694 g/mol. The lowest BCUT2D eigenvalue weighted by Gasteiger charge is -2.10. The molecule has 242 valence electrons. The Bertz CT molecular complexity index is 1900. The molecule has 5 N–H and O–H groups in total. The van der Waals surface area contributed by atoms with Crippen LogP contribution in [0.2, 0.25) is 0 Å². The standard InChI is InChI=1S/C34H22F6N6S2/c35-33(36,37)23-7-1-5-21(17-23)25-9-3-11-27(45-25)31(43)47-29(41)19-13-15-20(16-14-19)30(42)48-32(44)28-12-4-10-26(46-28)22-6-2-8-24(18-22)34(38,39)40/h1-18,41-44H/p+1. The quantitative estimate of drug-likeness (QED) is 0.0814. The van der Waals surface area contributed by atoms with E-state index >= 15 is 0 Å². The fourth-order valence-corrected chi connectivity index (χ4v) is 5.74. The van der Waals surface area contributed by atoms with Crippen molar-refractivity contribution < 1.29 is 31.8 Å². The number of thioether (sulfide) groups is 2. The lowest BCUT2D eigenvalue weighted by molar-refractivity contribution is -0.138. The monoisotopic (exact) mass is 693 g/mol. The van der Waals surface area contributed by atoms with Crippen LogP contribution >= 0.6 is 23.5 Å². The summed E-state index contributed by atoms with van der Waals surface area (Å²) in [6.07, 6.45) is -9.01. The molecule has 5 aromatic rings. The third-order valence-corrected chi connectivity index (χ3v) is 8.50. The van der Waals surface area contributed by atoms with E-state index in [4.69, 9.17) is 21.6 Å². The number of halogens is 6. The van der Waals surface area contributed by atoms with Gasteiger partial charge in [0.15, 0.2) is 0 Å². The number of nitrogens with one attached hydrogen (secondary N) is 3. The number of aromatic nitrogens is 2. The number of benzene rings is 3. The molecule has 0 spiro atoms. The molecular formula is C34H23F6N6S2+. The first-order chi connectivity index (χ1) is 22.7. The fourth-order valence-electron chi connectivity index (χ4n) is 4.37. The molecule has 0 aliphatic carbocycles. The van der Waals surface area contributed by atoms with E-state index in [0.717, 1.165) is 47.8 Å². The molecule has 3 aromatic carbocycles. The SMILES string of the molecule is N=C(SC(=N)c1cccc(-c2cccc(C(F)(F)F)c2)n1)c1ccc(C(=[NH2+])SC(=N)c2cccc(-c3cccc(C(F)(F)F)c3)n2)cc1. The lowest BCUT2D eigenvalue weighted by Crippen LogP contribution is -2.38. The molecule has 0 saturated heterocycles. The summed E-state index contributed by atoms with van der Waals surface area (Å²) in [5.41, 5.74) is 0.829. The third-order valence-electron chi connectivity index (χ3n) is 6.78. The van der Waals surface area contributed by atoms with Crippen molar-refractivity contribution in [2.45, 2.75) is 12.4 Å². The number of hydrogen-bond donors (Lipinski definition) is 4. The van der Waals surface area contributed by atoms with Crippen LogP contribution in [0.5, 0.6) is 0 Å². The zero-order valence-corrected chi connectivity index (χ0v) is 26.1. The van der Waals surface area contributed by atoms with Gasteiger partial charge in [0.25, 0.3) is 0 Å². The van der Waals surface area contributed by atoms with Crippen LogP contribution in [-0.2, 0) is 12.4 Å². The molecule has 6 nitrogen and oxygen atoms in total. The number of nitrogens with two attached hydrogens (primary N) is 1. The summed E-state index contributed by atoms with van der Waals surface area (Å²) in [6.45, 7) is 0. The highest BCUT2D eigenvalue weighted by atomic mass is 32.2. The molecule has 48 heavy (non-hydrogen) atoms. The summed E-state index contributed by atoms with van der Waals surface area (Å²) < 4.78 is 79.0. The van der Waals surface area contributed by atoms with Crippen molar-refractivity contribution in [3.63, 3.8) is 0 Å². The Labute approximate surface area is 278 Å². The molecule has 0 radical (unpaired) electrons. The average Bonchev–Trinajstić information content (AvgIpc) is 3.07. The van der Waals surface area contributed by atoms with Crippen LogP contribution < -0.4 is 5.41 Å². The second-order valence-corrected chi connectivity index (χ2v) is 12.2. The van der Waals surface area contributed by atoms with Gasteiger partial charge in [0.1, 0.15) is 15.1 Å². The molecule has 14 heteroatoms. The van der Waals surface area contributed by atoms with E-state index in [2.05, 4.69) is 9.97 Å². The minimum absolute atomic E-state index is 0.0207. The van der Waals surface area contributed by atoms with Gasteiger partial charge in [0, 0.05) is 28.5 Å². The zero-order valence-electron chi connectivity index (χ0n) is 24.4. The summed E-state index contributed by atoms with van der Waals surface area (Å²) >= 11 is 1.73. The van der Waals surface area contributed by atoms with Crippen molar-refractivity contribution in [3.05, 3.63) is 143 Å². The Hall–Kier alpha value is -5.08. The normalized spacial score (nSPS) is 11.6. The van der Waals surface area contributed by atoms with E-state index in [9.17, 15) is 26.3 Å². The molecule has 0 amide bonds. The number of rotatable bonds is 6. The summed E-state index contributed by atoms with van der Waals surface area (Å²) in [5.74, 6) is 0. The topological polar surface area (TPSA) is 123 Å². The largest absolute Gasteiger partial charge is 0.416 e. The molecular weight excluding hydrogens is 671 g/mol. The molecule has 0 saturated carbocycles. The predicted octanol–water partition coefficient (Wildman–Crippen LogP) is 8.20. The van der Waals surface area contributed by atoms with E-state index in [1.165, 1.54) is 30.3 Å². The number of nitrogens with zero attached hydrogens (tertiary/aromatic N) is 2. The summed E-state index contributed by atoms with van der Waals surface area (Å²) in [5, 5.41) is 31.9. The van der Waals surface area contributed by atoms with Crippen molar-refractivity contribution in [2.75, 3.05) is 0 Å². The van der Waals surface area contributed by atoms with Crippen molar-refractivity contribution in [3.8, 4) is 22.5 Å². The summed E-state index contributed by atoms with van der Waals surface area (Å²) in [4.78, 5) is 8.69. The lowest BCUT2D eigenvalue weighted by atomic mass is 10.1. The van der Waals surface area contributed by atoms with Crippen molar-refractivity contribution in [1.29, 1.82) is 16.2 Å². The highest BCUT2D eigenvalue weighted by molar-refractivity contribution is 8.27. The maximum absolute atomic E-state index is 13.2. The van der Waals surface area contributed by atoms with Gasteiger partial charge in [-0.15, -0.1) is 0 Å². The molecule has 0 aliphatic rings. The molecule has 2 heterocycles. The van der Waals surface area contributed by atoms with Gasteiger partial charge in [-0.2, -0.15) is 26.3 Å². The molecule has 5 rings (SSSR count). The highest BCUT2D eigenvalue weighted by Gasteiger charge is 2.31. The van der Waals surface area contributed by atoms with Gasteiger partial charge in [-0.25, -0.2) is 15.4 Å². The predicted molar refractivity (Wildman–Crippen MR) is 177 cm³/mol. The van der Waals surface area contributed by atoms with Gasteiger partial charge in [-0.1, -0.05) is 48.5 Å². The maximum Gasteiger partial charge on any atom is 0.416 e. The van der Waals surface area contributed by atoms with Crippen molar-refractivity contribution in [1.82, 2.24) is 9.97 Å². The Morgan fingerprint density at radius 3 is 1.40 bits per heavy atom. The number of alkyl halides is 6. The maximum atomic E-state index is 13.2. The van der Waals surface area contributed by atoms with Crippen LogP contribution in [-0.4, -0.2) is 30.1 Å². The van der Waals surface area contributed by atoms with Crippen LogP contribution in [0.15, 0.2) is 109 Å². The van der Waals surface area contributed by atoms with Gasteiger partial charge in [0.2, 0.25) is 5.04 Å². The highest BCUT2D eigenvalue weighted by Crippen LogP contribution is 2.33. The Morgan fingerprint density at radius 1 is 0.521 bits per heavy atom. The van der Waals surface area contributed by atoms with Gasteiger partial charge in [-0.05, 0) is 72.4 Å². The Balaban J connectivity index is 1.22. The van der Waals surface area contributed by atoms with Gasteiger partial charge in [0.05, 0.1) is 39.5 Å². The first kappa shape index (κ1) is 34.3. The first-order valence-corrected chi connectivity index (χ1v) is 15.5. The minimum Gasteiger partial charge on any atom is -0.293 e. The minimum atomic E-state index is -4.51. The van der Waals surface area contributed by atoms with Crippen LogP contribution in [0.25, 0.3) is 22.5 Å². The molecule has 0 unspecified atom stereocenters. The van der Waals surface area contributed by atoms with E-state index in [1.807, 2.05) is 0 Å². The van der Waals surface area contributed by atoms with E-state index in [0.29, 0.717) is 11.1 Å². The van der Waals surface area contributed by atoms with E-state index < -0.39 is 23.5 Å². The van der Waals surface area contributed by atoms with Crippen LogP contribution in [0.4, 0.5) is 26.3 Å². The van der Waals surface area contributed by atoms with Crippen molar-refractivity contribution in [2.24, 2.45) is 0 Å². The molecule has 0 bridgehead atoms. The Kier molecular flexibility index (Phi) is 9.96. The second kappa shape index (κ2) is 14.0. The van der Waals surface area contributed by atoms with Gasteiger partial charge >= 0.3 is 12.4 Å². The van der Waals surface area contributed by atoms with Crippen molar-refractivity contribution >= 4 is 43.7 Å². The zero-order chi connectivity index (χ0) is 34.6. The Morgan fingerprint density at radius 2 is 0.938 bits per heavy atom. The summed E-state index contributed by atoms with van der Waals surface area (Å²) in [7, 11) is 0. The number of hydrogen-bond acceptors (Lipinski definition) is 7. The molecule has 0 fully saturated rings. The summed E-state index contributed by atoms with van der Waals surface area (Å²) in [6, 6.07) is 25.4. The van der Waals surface area contributed by atoms with Gasteiger partial charge in [-0.3, -0.25) is 16.2 Å². The molecule has 2 aromatic heterocycles.